The zero-order chi connectivity index (χ0) is 12.2. The first-order valence-corrected chi connectivity index (χ1v) is 6.20. The Morgan fingerprint density at radius 3 is 1.75 bits per heavy atom. The largest absolute Gasteiger partial charge is 0.478 e. The van der Waals surface area contributed by atoms with Crippen LogP contribution >= 0.6 is 0 Å². The molecule has 0 spiro atoms. The molecule has 0 heterocycles. The third-order valence-corrected chi connectivity index (χ3v) is 2.69. The number of unbranched alkanes of at least 4 members (excludes halogenated alkanes) is 7. The van der Waals surface area contributed by atoms with Crippen LogP contribution in [0.5, 0.6) is 0 Å². The Balaban J connectivity index is 3.10. The van der Waals surface area contributed by atoms with E-state index in [1.54, 1.807) is 0 Å². The van der Waals surface area contributed by atoms with Gasteiger partial charge >= 0.3 is 5.97 Å². The third-order valence-electron chi connectivity index (χ3n) is 2.69. The minimum Gasteiger partial charge on any atom is -0.478 e. The molecule has 0 bridgehead atoms. The SMILES string of the molecule is C=C(CCCCCCCCCCO)C(=O)O. The van der Waals surface area contributed by atoms with Gasteiger partial charge in [-0.05, 0) is 19.3 Å². The maximum absolute atomic E-state index is 10.4. The van der Waals surface area contributed by atoms with Crippen molar-refractivity contribution in [1.29, 1.82) is 0 Å². The molecule has 0 saturated carbocycles. The zero-order valence-corrected chi connectivity index (χ0v) is 10.1. The molecule has 0 aliphatic carbocycles. The summed E-state index contributed by atoms with van der Waals surface area (Å²) in [7, 11) is 0. The number of carbonyl (C=O) groups is 1. The first-order valence-electron chi connectivity index (χ1n) is 6.20. The van der Waals surface area contributed by atoms with Crippen LogP contribution in [0, 0.1) is 0 Å². The Morgan fingerprint density at radius 1 is 0.875 bits per heavy atom. The van der Waals surface area contributed by atoms with Gasteiger partial charge in [-0.2, -0.15) is 0 Å². The maximum Gasteiger partial charge on any atom is 0.330 e. The molecule has 0 unspecified atom stereocenters. The van der Waals surface area contributed by atoms with E-state index in [9.17, 15) is 4.79 Å². The van der Waals surface area contributed by atoms with E-state index in [0.29, 0.717) is 18.6 Å². The van der Waals surface area contributed by atoms with E-state index in [2.05, 4.69) is 6.58 Å². The summed E-state index contributed by atoms with van der Waals surface area (Å²) in [6, 6.07) is 0. The number of aliphatic carboxylic acids is 1. The molecule has 94 valence electrons. The Kier molecular flexibility index (Phi) is 10.1. The predicted molar refractivity (Wildman–Crippen MR) is 65.4 cm³/mol. The second-order valence-electron chi connectivity index (χ2n) is 4.21. The van der Waals surface area contributed by atoms with Gasteiger partial charge in [-0.15, -0.1) is 0 Å². The summed E-state index contributed by atoms with van der Waals surface area (Å²) in [6.45, 7) is 3.80. The van der Waals surface area contributed by atoms with Gasteiger partial charge in [0.15, 0.2) is 0 Å². The summed E-state index contributed by atoms with van der Waals surface area (Å²) < 4.78 is 0. The molecule has 0 aliphatic rings. The van der Waals surface area contributed by atoms with Crippen LogP contribution in [0.25, 0.3) is 0 Å². The van der Waals surface area contributed by atoms with Gasteiger partial charge in [0.05, 0.1) is 0 Å². The highest BCUT2D eigenvalue weighted by molar-refractivity contribution is 5.85. The normalized spacial score (nSPS) is 10.3. The smallest absolute Gasteiger partial charge is 0.330 e. The van der Waals surface area contributed by atoms with Crippen LogP contribution in [0.1, 0.15) is 57.8 Å². The molecule has 0 fully saturated rings. The third kappa shape index (κ3) is 9.71. The van der Waals surface area contributed by atoms with Crippen molar-refractivity contribution >= 4 is 5.97 Å². The van der Waals surface area contributed by atoms with E-state index >= 15 is 0 Å². The maximum atomic E-state index is 10.4. The van der Waals surface area contributed by atoms with Gasteiger partial charge in [-0.1, -0.05) is 45.1 Å². The number of hydrogen-bond acceptors (Lipinski definition) is 2. The molecule has 0 rings (SSSR count). The monoisotopic (exact) mass is 228 g/mol. The van der Waals surface area contributed by atoms with Crippen molar-refractivity contribution in [3.8, 4) is 0 Å². The number of rotatable bonds is 11. The van der Waals surface area contributed by atoms with Gasteiger partial charge in [0, 0.05) is 12.2 Å². The van der Waals surface area contributed by atoms with Gasteiger partial charge in [0.2, 0.25) is 0 Å². The molecule has 3 heteroatoms. The van der Waals surface area contributed by atoms with Crippen LogP contribution in [0.3, 0.4) is 0 Å². The lowest BCUT2D eigenvalue weighted by molar-refractivity contribution is -0.132. The summed E-state index contributed by atoms with van der Waals surface area (Å²) in [5, 5.41) is 17.2. The lowest BCUT2D eigenvalue weighted by Gasteiger charge is -2.02. The van der Waals surface area contributed by atoms with Crippen molar-refractivity contribution in [3.05, 3.63) is 12.2 Å². The average Bonchev–Trinajstić information content (AvgIpc) is 2.26. The van der Waals surface area contributed by atoms with Crippen LogP contribution in [-0.2, 0) is 4.79 Å². The standard InChI is InChI=1S/C13H24O3/c1-12(13(15)16)10-8-6-4-2-3-5-7-9-11-14/h14H,1-11H2,(H,15,16). The van der Waals surface area contributed by atoms with E-state index in [-0.39, 0.29) is 0 Å². The van der Waals surface area contributed by atoms with Gasteiger partial charge < -0.3 is 10.2 Å². The van der Waals surface area contributed by atoms with Crippen molar-refractivity contribution in [2.24, 2.45) is 0 Å². The predicted octanol–water partition coefficient (Wildman–Crippen LogP) is 3.13. The molecule has 16 heavy (non-hydrogen) atoms. The lowest BCUT2D eigenvalue weighted by Crippen LogP contribution is -1.98. The van der Waals surface area contributed by atoms with E-state index < -0.39 is 5.97 Å². The van der Waals surface area contributed by atoms with Crippen molar-refractivity contribution in [2.75, 3.05) is 6.61 Å². The Bertz CT molecular complexity index is 199. The van der Waals surface area contributed by atoms with Crippen LogP contribution in [0.4, 0.5) is 0 Å². The molecule has 0 atom stereocenters. The van der Waals surface area contributed by atoms with Gasteiger partial charge in [-0.3, -0.25) is 0 Å². The highest BCUT2D eigenvalue weighted by atomic mass is 16.4. The van der Waals surface area contributed by atoms with Crippen LogP contribution in [-0.4, -0.2) is 22.8 Å². The van der Waals surface area contributed by atoms with Crippen LogP contribution in [0.2, 0.25) is 0 Å². The molecular formula is C13H24O3. The molecule has 0 aromatic heterocycles. The van der Waals surface area contributed by atoms with Crippen molar-refractivity contribution in [1.82, 2.24) is 0 Å². The van der Waals surface area contributed by atoms with Crippen molar-refractivity contribution in [2.45, 2.75) is 57.8 Å². The molecule has 0 aromatic carbocycles. The fourth-order valence-electron chi connectivity index (χ4n) is 1.62. The molecular weight excluding hydrogens is 204 g/mol. The number of aliphatic hydroxyl groups is 1. The minimum atomic E-state index is -0.871. The minimum absolute atomic E-state index is 0.303. The van der Waals surface area contributed by atoms with Gasteiger partial charge in [0.1, 0.15) is 0 Å². The van der Waals surface area contributed by atoms with E-state index in [4.69, 9.17) is 10.2 Å². The first-order chi connectivity index (χ1) is 7.68. The summed E-state index contributed by atoms with van der Waals surface area (Å²) in [4.78, 5) is 10.4. The van der Waals surface area contributed by atoms with Crippen LogP contribution < -0.4 is 0 Å². The zero-order valence-electron chi connectivity index (χ0n) is 10.1. The fourth-order valence-corrected chi connectivity index (χ4v) is 1.62. The van der Waals surface area contributed by atoms with E-state index in [0.717, 1.165) is 25.7 Å². The van der Waals surface area contributed by atoms with Gasteiger partial charge in [-0.25, -0.2) is 4.79 Å². The van der Waals surface area contributed by atoms with E-state index in [1.807, 2.05) is 0 Å². The molecule has 0 aromatic rings. The number of aliphatic hydroxyl groups excluding tert-OH is 1. The first kappa shape index (κ1) is 15.2. The Morgan fingerprint density at radius 2 is 1.31 bits per heavy atom. The number of carboxylic acids is 1. The average molecular weight is 228 g/mol. The van der Waals surface area contributed by atoms with E-state index in [1.165, 1.54) is 25.7 Å². The number of hydrogen-bond donors (Lipinski definition) is 2. The molecule has 2 N–H and O–H groups in total. The van der Waals surface area contributed by atoms with Crippen molar-refractivity contribution < 1.29 is 15.0 Å². The lowest BCUT2D eigenvalue weighted by atomic mass is 10.1. The summed E-state index contributed by atoms with van der Waals surface area (Å²) in [6.07, 6.45) is 9.47. The summed E-state index contributed by atoms with van der Waals surface area (Å²) in [5.41, 5.74) is 0.322. The van der Waals surface area contributed by atoms with Gasteiger partial charge in [0.25, 0.3) is 0 Å². The topological polar surface area (TPSA) is 57.5 Å². The van der Waals surface area contributed by atoms with Crippen molar-refractivity contribution in [3.63, 3.8) is 0 Å². The molecule has 3 nitrogen and oxygen atoms in total. The summed E-state index contributed by atoms with van der Waals surface area (Å²) in [5.74, 6) is -0.871. The second kappa shape index (κ2) is 10.7. The summed E-state index contributed by atoms with van der Waals surface area (Å²) >= 11 is 0. The molecule has 0 amide bonds. The molecule has 0 radical (unpaired) electrons. The second-order valence-corrected chi connectivity index (χ2v) is 4.21. The Hall–Kier alpha value is -0.830. The fraction of sp³-hybridized carbons (Fsp3) is 0.769. The Labute approximate surface area is 98.2 Å². The highest BCUT2D eigenvalue weighted by Crippen LogP contribution is 2.11. The van der Waals surface area contributed by atoms with Crippen LogP contribution in [0.15, 0.2) is 12.2 Å². The quantitative estimate of drug-likeness (QED) is 0.422. The molecule has 0 saturated heterocycles. The molecule has 0 aliphatic heterocycles. The number of carboxylic acid groups (broad SMARTS) is 1. The highest BCUT2D eigenvalue weighted by Gasteiger charge is 2.02.